The summed E-state index contributed by atoms with van der Waals surface area (Å²) in [5.41, 5.74) is 0.397. The van der Waals surface area contributed by atoms with E-state index >= 15 is 0 Å². The predicted octanol–water partition coefficient (Wildman–Crippen LogP) is 2.81. The molecule has 0 saturated carbocycles. The van der Waals surface area contributed by atoms with Crippen molar-refractivity contribution in [3.8, 4) is 0 Å². The Hall–Kier alpha value is -1.02. The molecule has 0 aromatic rings. The summed E-state index contributed by atoms with van der Waals surface area (Å²) in [6.45, 7) is 11.2. The van der Waals surface area contributed by atoms with Gasteiger partial charge in [-0.1, -0.05) is 24.8 Å². The zero-order chi connectivity index (χ0) is 11.2. The van der Waals surface area contributed by atoms with Crippen molar-refractivity contribution in [1.82, 2.24) is 0 Å². The number of ether oxygens (including phenoxy) is 1. The molecule has 0 unspecified atom stereocenters. The Morgan fingerprint density at radius 2 is 2.07 bits per heavy atom. The highest BCUT2D eigenvalue weighted by Crippen LogP contribution is 2.17. The fourth-order valence-electron chi connectivity index (χ4n) is 1.01. The molecule has 14 heavy (non-hydrogen) atoms. The van der Waals surface area contributed by atoms with E-state index in [1.807, 2.05) is 39.8 Å². The van der Waals surface area contributed by atoms with Gasteiger partial charge in [0.05, 0.1) is 6.61 Å². The topological polar surface area (TPSA) is 29.5 Å². The molecule has 0 aliphatic carbocycles. The van der Waals surface area contributed by atoms with Crippen LogP contribution in [0.1, 0.15) is 27.7 Å². The molecule has 0 aromatic carbocycles. The molecule has 0 amide bonds. The van der Waals surface area contributed by atoms with Gasteiger partial charge in [0.15, 0.2) is 0 Å². The lowest BCUT2D eigenvalue weighted by molar-refractivity contribution is -0.0128. The average molecular weight is 196 g/mol. The highest BCUT2D eigenvalue weighted by molar-refractivity contribution is 5.31. The third kappa shape index (κ3) is 4.28. The highest BCUT2D eigenvalue weighted by atomic mass is 16.5. The summed E-state index contributed by atoms with van der Waals surface area (Å²) in [4.78, 5) is 0. The van der Waals surface area contributed by atoms with Crippen LogP contribution in [0.2, 0.25) is 0 Å². The standard InChI is InChI=1S/C12H20O2/c1-6-8-11(7-2)10(3)14-12(4,5)9-13/h6-8,13H,2,9H2,1,3-5H3/b8-6+,11-10-. The van der Waals surface area contributed by atoms with E-state index in [1.165, 1.54) is 0 Å². The molecule has 2 nitrogen and oxygen atoms in total. The molecule has 0 aliphatic rings. The molecule has 0 spiro atoms. The third-order valence-corrected chi connectivity index (χ3v) is 1.78. The minimum atomic E-state index is -0.542. The van der Waals surface area contributed by atoms with Crippen LogP contribution in [0, 0.1) is 0 Å². The number of allylic oxidation sites excluding steroid dienone is 5. The van der Waals surface area contributed by atoms with Crippen LogP contribution in [-0.2, 0) is 4.74 Å². The molecule has 0 fully saturated rings. The predicted molar refractivity (Wildman–Crippen MR) is 60.0 cm³/mol. The second-order valence-corrected chi connectivity index (χ2v) is 3.74. The summed E-state index contributed by atoms with van der Waals surface area (Å²) in [6.07, 6.45) is 5.59. The first-order chi connectivity index (χ1) is 6.46. The Bertz CT molecular complexity index is 247. The molecule has 0 saturated heterocycles. The largest absolute Gasteiger partial charge is 0.489 e. The van der Waals surface area contributed by atoms with E-state index < -0.39 is 5.60 Å². The lowest BCUT2D eigenvalue weighted by Crippen LogP contribution is -2.28. The van der Waals surface area contributed by atoms with Gasteiger partial charge in [0, 0.05) is 5.57 Å². The Labute approximate surface area is 86.6 Å². The summed E-state index contributed by atoms with van der Waals surface area (Å²) in [5.74, 6) is 0.775. The maximum Gasteiger partial charge on any atom is 0.126 e. The van der Waals surface area contributed by atoms with Crippen LogP contribution in [0.25, 0.3) is 0 Å². The van der Waals surface area contributed by atoms with Gasteiger partial charge in [-0.15, -0.1) is 0 Å². The Morgan fingerprint density at radius 1 is 1.50 bits per heavy atom. The van der Waals surface area contributed by atoms with Crippen molar-refractivity contribution in [2.75, 3.05) is 6.61 Å². The van der Waals surface area contributed by atoms with Crippen molar-refractivity contribution in [2.45, 2.75) is 33.3 Å². The molecule has 0 aliphatic heterocycles. The fraction of sp³-hybridized carbons (Fsp3) is 0.500. The van der Waals surface area contributed by atoms with Crippen LogP contribution in [-0.4, -0.2) is 17.3 Å². The van der Waals surface area contributed by atoms with Gasteiger partial charge in [-0.25, -0.2) is 0 Å². The van der Waals surface area contributed by atoms with E-state index in [9.17, 15) is 0 Å². The smallest absolute Gasteiger partial charge is 0.126 e. The molecule has 0 radical (unpaired) electrons. The normalized spacial score (nSPS) is 14.1. The highest BCUT2D eigenvalue weighted by Gasteiger charge is 2.18. The molecule has 2 heteroatoms. The molecule has 0 rings (SSSR count). The molecule has 0 aromatic heterocycles. The van der Waals surface area contributed by atoms with Gasteiger partial charge < -0.3 is 9.84 Å². The molecular weight excluding hydrogens is 176 g/mol. The maximum absolute atomic E-state index is 9.04. The Morgan fingerprint density at radius 3 is 2.43 bits per heavy atom. The molecular formula is C12H20O2. The molecule has 0 heterocycles. The van der Waals surface area contributed by atoms with Crippen molar-refractivity contribution >= 4 is 0 Å². The lowest BCUT2D eigenvalue weighted by atomic mass is 10.1. The Kier molecular flexibility index (Phi) is 5.24. The quantitative estimate of drug-likeness (QED) is 0.541. The molecule has 1 N–H and O–H groups in total. The van der Waals surface area contributed by atoms with Gasteiger partial charge in [-0.05, 0) is 27.7 Å². The summed E-state index contributed by atoms with van der Waals surface area (Å²) in [7, 11) is 0. The third-order valence-electron chi connectivity index (χ3n) is 1.78. The van der Waals surface area contributed by atoms with Gasteiger partial charge in [0.2, 0.25) is 0 Å². The van der Waals surface area contributed by atoms with Crippen LogP contribution in [0.5, 0.6) is 0 Å². The number of hydrogen-bond donors (Lipinski definition) is 1. The second kappa shape index (κ2) is 5.66. The zero-order valence-electron chi connectivity index (χ0n) is 9.50. The van der Waals surface area contributed by atoms with Gasteiger partial charge in [0.25, 0.3) is 0 Å². The summed E-state index contributed by atoms with van der Waals surface area (Å²) >= 11 is 0. The number of aliphatic hydroxyl groups is 1. The SMILES string of the molecule is C=CC(/C=C/C)=C(\C)OC(C)(C)CO. The first kappa shape index (κ1) is 13.0. The summed E-state index contributed by atoms with van der Waals surface area (Å²) < 4.78 is 5.60. The van der Waals surface area contributed by atoms with E-state index in [0.29, 0.717) is 0 Å². The van der Waals surface area contributed by atoms with Crippen LogP contribution < -0.4 is 0 Å². The maximum atomic E-state index is 9.04. The minimum Gasteiger partial charge on any atom is -0.489 e. The fourth-order valence-corrected chi connectivity index (χ4v) is 1.01. The second-order valence-electron chi connectivity index (χ2n) is 3.74. The monoisotopic (exact) mass is 196 g/mol. The van der Waals surface area contributed by atoms with Crippen LogP contribution in [0.3, 0.4) is 0 Å². The van der Waals surface area contributed by atoms with Crippen LogP contribution in [0.4, 0.5) is 0 Å². The molecule has 0 atom stereocenters. The van der Waals surface area contributed by atoms with Gasteiger partial charge in [-0.3, -0.25) is 0 Å². The van der Waals surface area contributed by atoms with E-state index in [0.717, 1.165) is 11.3 Å². The average Bonchev–Trinajstić information content (AvgIpc) is 2.13. The van der Waals surface area contributed by atoms with E-state index in [1.54, 1.807) is 6.08 Å². The van der Waals surface area contributed by atoms with Crippen molar-refractivity contribution in [3.63, 3.8) is 0 Å². The minimum absolute atomic E-state index is 0.00932. The van der Waals surface area contributed by atoms with Gasteiger partial charge >= 0.3 is 0 Å². The lowest BCUT2D eigenvalue weighted by Gasteiger charge is -2.25. The van der Waals surface area contributed by atoms with Crippen molar-refractivity contribution in [2.24, 2.45) is 0 Å². The Balaban J connectivity index is 4.72. The first-order valence-corrected chi connectivity index (χ1v) is 4.72. The summed E-state index contributed by atoms with van der Waals surface area (Å²) in [6, 6.07) is 0. The van der Waals surface area contributed by atoms with Crippen molar-refractivity contribution in [3.05, 3.63) is 36.1 Å². The number of hydrogen-bond acceptors (Lipinski definition) is 2. The summed E-state index contributed by atoms with van der Waals surface area (Å²) in [5, 5.41) is 9.04. The van der Waals surface area contributed by atoms with Crippen molar-refractivity contribution in [1.29, 1.82) is 0 Å². The van der Waals surface area contributed by atoms with E-state index in [-0.39, 0.29) is 6.61 Å². The molecule has 0 bridgehead atoms. The molecule has 80 valence electrons. The number of rotatable bonds is 5. The van der Waals surface area contributed by atoms with Gasteiger partial charge in [0.1, 0.15) is 11.4 Å². The van der Waals surface area contributed by atoms with Crippen molar-refractivity contribution < 1.29 is 9.84 Å². The zero-order valence-corrected chi connectivity index (χ0v) is 9.50. The van der Waals surface area contributed by atoms with Crippen LogP contribution >= 0.6 is 0 Å². The number of aliphatic hydroxyl groups excluding tert-OH is 1. The van der Waals surface area contributed by atoms with Crippen LogP contribution in [0.15, 0.2) is 36.1 Å². The van der Waals surface area contributed by atoms with E-state index in [2.05, 4.69) is 6.58 Å². The first-order valence-electron chi connectivity index (χ1n) is 4.72. The van der Waals surface area contributed by atoms with Gasteiger partial charge in [-0.2, -0.15) is 0 Å². The van der Waals surface area contributed by atoms with E-state index in [4.69, 9.17) is 9.84 Å².